The zero-order chi connectivity index (χ0) is 26.2. The van der Waals surface area contributed by atoms with E-state index in [0.29, 0.717) is 13.1 Å². The number of halogens is 2. The van der Waals surface area contributed by atoms with E-state index in [2.05, 4.69) is 16.2 Å². The fourth-order valence-corrected chi connectivity index (χ4v) is 4.62. The van der Waals surface area contributed by atoms with Crippen LogP contribution in [0.25, 0.3) is 5.57 Å². The van der Waals surface area contributed by atoms with E-state index in [1.54, 1.807) is 17.2 Å². The number of carbonyl (C=O) groups is 1. The van der Waals surface area contributed by atoms with Crippen LogP contribution in [0.5, 0.6) is 0 Å². The van der Waals surface area contributed by atoms with E-state index in [4.69, 9.17) is 22.2 Å². The molecule has 1 aliphatic heterocycles. The van der Waals surface area contributed by atoms with Gasteiger partial charge in [-0.15, -0.1) is 0 Å². The highest BCUT2D eigenvalue weighted by Crippen LogP contribution is 2.41. The standard InChI is InChI=1S/C25H31F2N7O2/c1-25(2,3)36-24(35)33-12-16-8-14(9-17(16)13-33)15-10-18(22(28)31-11-15)23(32-29)34(30)20-7-5-4-6-19(26)21(20)27/h4-5,7-8,10-11,16-17H,6,9,12-13,29-30H2,1-3H3,(H2,28,31)/b32-23-/t16-,17+/m1/s1. The third-order valence-electron chi connectivity index (χ3n) is 6.33. The minimum atomic E-state index is -1.10. The van der Waals surface area contributed by atoms with Crippen LogP contribution in [-0.4, -0.2) is 45.5 Å². The highest BCUT2D eigenvalue weighted by Gasteiger charge is 2.40. The lowest BCUT2D eigenvalue weighted by Gasteiger charge is -2.25. The molecule has 0 saturated carbocycles. The number of anilines is 1. The van der Waals surface area contributed by atoms with Crippen molar-refractivity contribution in [2.75, 3.05) is 18.8 Å². The zero-order valence-electron chi connectivity index (χ0n) is 20.5. The minimum Gasteiger partial charge on any atom is -0.444 e. The summed E-state index contributed by atoms with van der Waals surface area (Å²) in [4.78, 5) is 18.5. The molecule has 4 rings (SSSR count). The Morgan fingerprint density at radius 2 is 2.06 bits per heavy atom. The van der Waals surface area contributed by atoms with Crippen LogP contribution in [-0.2, 0) is 4.74 Å². The molecule has 0 aromatic carbocycles. The summed E-state index contributed by atoms with van der Waals surface area (Å²) in [6.07, 6.45) is 8.30. The number of aromatic nitrogens is 1. The van der Waals surface area contributed by atoms with E-state index in [1.807, 2.05) is 20.8 Å². The molecule has 11 heteroatoms. The molecule has 1 amide bonds. The zero-order valence-corrected chi connectivity index (χ0v) is 20.5. The van der Waals surface area contributed by atoms with Gasteiger partial charge in [0, 0.05) is 25.7 Å². The van der Waals surface area contributed by atoms with Crippen LogP contribution in [0.2, 0.25) is 0 Å². The van der Waals surface area contributed by atoms with E-state index in [0.717, 1.165) is 22.6 Å². The number of allylic oxidation sites excluding steroid dienone is 6. The van der Waals surface area contributed by atoms with Gasteiger partial charge in [0.25, 0.3) is 0 Å². The van der Waals surface area contributed by atoms with Gasteiger partial charge in [-0.2, -0.15) is 5.10 Å². The number of hydrogen-bond acceptors (Lipinski definition) is 7. The average Bonchev–Trinajstić information content (AvgIpc) is 3.34. The number of carbonyl (C=O) groups excluding carboxylic acids is 1. The van der Waals surface area contributed by atoms with Gasteiger partial charge in [0.05, 0.1) is 11.3 Å². The minimum absolute atomic E-state index is 0.0683. The second-order valence-electron chi connectivity index (χ2n) is 10.1. The highest BCUT2D eigenvalue weighted by molar-refractivity contribution is 6.03. The van der Waals surface area contributed by atoms with E-state index in [9.17, 15) is 13.6 Å². The Labute approximate surface area is 208 Å². The molecule has 36 heavy (non-hydrogen) atoms. The lowest BCUT2D eigenvalue weighted by molar-refractivity contribution is 0.0285. The van der Waals surface area contributed by atoms with E-state index < -0.39 is 17.3 Å². The van der Waals surface area contributed by atoms with E-state index >= 15 is 0 Å². The Kier molecular flexibility index (Phi) is 6.85. The fraction of sp³-hybridized carbons (Fsp3) is 0.400. The van der Waals surface area contributed by atoms with Crippen molar-refractivity contribution in [3.63, 3.8) is 0 Å². The van der Waals surface area contributed by atoms with Crippen LogP contribution in [0, 0.1) is 11.8 Å². The van der Waals surface area contributed by atoms with Gasteiger partial charge in [-0.25, -0.2) is 24.4 Å². The number of ether oxygens (including phenoxy) is 1. The molecule has 2 heterocycles. The molecule has 9 nitrogen and oxygen atoms in total. The van der Waals surface area contributed by atoms with Crippen LogP contribution in [0.1, 0.15) is 44.7 Å². The van der Waals surface area contributed by atoms with Crippen molar-refractivity contribution in [2.45, 2.75) is 39.2 Å². The average molecular weight is 500 g/mol. The number of hydrogen-bond donors (Lipinski definition) is 3. The number of hydrazine groups is 1. The number of nitrogen functional groups attached to an aromatic ring is 1. The monoisotopic (exact) mass is 499 g/mol. The number of nitrogens with zero attached hydrogens (tertiary/aromatic N) is 4. The fourth-order valence-electron chi connectivity index (χ4n) is 4.62. The van der Waals surface area contributed by atoms with Crippen LogP contribution < -0.4 is 17.4 Å². The Morgan fingerprint density at radius 1 is 1.31 bits per heavy atom. The molecule has 0 bridgehead atoms. The molecule has 2 aliphatic carbocycles. The first-order valence-corrected chi connectivity index (χ1v) is 11.7. The van der Waals surface area contributed by atoms with Gasteiger partial charge in [0.2, 0.25) is 0 Å². The number of nitrogens with two attached hydrogens (primary N) is 3. The number of pyridine rings is 1. The van der Waals surface area contributed by atoms with Gasteiger partial charge in [-0.1, -0.05) is 18.2 Å². The summed E-state index contributed by atoms with van der Waals surface area (Å²) >= 11 is 0. The summed E-state index contributed by atoms with van der Waals surface area (Å²) in [6.45, 7) is 6.70. The van der Waals surface area contributed by atoms with Crippen LogP contribution in [0.3, 0.4) is 0 Å². The van der Waals surface area contributed by atoms with E-state index in [-0.39, 0.29) is 47.3 Å². The molecule has 0 radical (unpaired) electrons. The van der Waals surface area contributed by atoms with Crippen molar-refractivity contribution in [1.29, 1.82) is 0 Å². The third kappa shape index (κ3) is 5.11. The first kappa shape index (κ1) is 25.4. The quantitative estimate of drug-likeness (QED) is 0.250. The summed E-state index contributed by atoms with van der Waals surface area (Å²) < 4.78 is 34.1. The first-order chi connectivity index (χ1) is 17.0. The van der Waals surface area contributed by atoms with Crippen LogP contribution in [0.15, 0.2) is 59.0 Å². The van der Waals surface area contributed by atoms with Crippen molar-refractivity contribution in [2.24, 2.45) is 28.6 Å². The van der Waals surface area contributed by atoms with Crippen molar-refractivity contribution in [1.82, 2.24) is 14.9 Å². The maximum atomic E-state index is 14.6. The maximum absolute atomic E-state index is 14.6. The topological polar surface area (TPSA) is 136 Å². The molecule has 0 unspecified atom stereocenters. The Balaban J connectivity index is 1.56. The number of likely N-dealkylation sites (tertiary alicyclic amines) is 1. The SMILES string of the molecule is CC(C)(C)OC(=O)N1C[C@@H]2CC(c3cnc(N)c(/C(=N/N)N(N)C4=CC=CCC(F)=C4F)c3)=C[C@@H]2C1. The van der Waals surface area contributed by atoms with Crippen molar-refractivity contribution in [3.05, 3.63) is 65.0 Å². The second-order valence-corrected chi connectivity index (χ2v) is 10.1. The van der Waals surface area contributed by atoms with Gasteiger partial charge < -0.3 is 21.2 Å². The van der Waals surface area contributed by atoms with Crippen molar-refractivity contribution in [3.8, 4) is 0 Å². The van der Waals surface area contributed by atoms with Gasteiger partial charge in [0.15, 0.2) is 11.7 Å². The summed E-state index contributed by atoms with van der Waals surface area (Å²) in [6, 6.07) is 1.73. The molecular formula is C25H31F2N7O2. The van der Waals surface area contributed by atoms with Gasteiger partial charge in [-0.3, -0.25) is 5.01 Å². The lowest BCUT2D eigenvalue weighted by atomic mass is 9.98. The molecule has 1 fully saturated rings. The molecule has 192 valence electrons. The Morgan fingerprint density at radius 3 is 2.72 bits per heavy atom. The second kappa shape index (κ2) is 9.73. The lowest BCUT2D eigenvalue weighted by Crippen LogP contribution is -2.39. The predicted octanol–water partition coefficient (Wildman–Crippen LogP) is 3.72. The van der Waals surface area contributed by atoms with Gasteiger partial charge in [0.1, 0.15) is 17.2 Å². The number of hydrazone groups is 1. The summed E-state index contributed by atoms with van der Waals surface area (Å²) in [5.41, 5.74) is 7.41. The van der Waals surface area contributed by atoms with Gasteiger partial charge >= 0.3 is 6.09 Å². The maximum Gasteiger partial charge on any atom is 0.410 e. The number of amidine groups is 1. The third-order valence-corrected chi connectivity index (χ3v) is 6.33. The smallest absolute Gasteiger partial charge is 0.410 e. The number of amides is 1. The van der Waals surface area contributed by atoms with Gasteiger partial charge in [-0.05, 0) is 62.3 Å². The molecular weight excluding hydrogens is 468 g/mol. The number of fused-ring (bicyclic) bond motifs is 1. The summed E-state index contributed by atoms with van der Waals surface area (Å²) in [5.74, 6) is 10.1. The molecule has 1 aromatic heterocycles. The van der Waals surface area contributed by atoms with Crippen LogP contribution >= 0.6 is 0 Å². The molecule has 1 saturated heterocycles. The van der Waals surface area contributed by atoms with Crippen LogP contribution in [0.4, 0.5) is 19.4 Å². The summed E-state index contributed by atoms with van der Waals surface area (Å²) in [5, 5.41) is 4.57. The number of rotatable bonds is 3. The Bertz CT molecular complexity index is 1210. The van der Waals surface area contributed by atoms with E-state index in [1.165, 1.54) is 18.2 Å². The Hall–Kier alpha value is -3.73. The normalized spacial score (nSPS) is 22.3. The van der Waals surface area contributed by atoms with Crippen molar-refractivity contribution >= 4 is 23.3 Å². The first-order valence-electron chi connectivity index (χ1n) is 11.7. The molecule has 1 aromatic rings. The highest BCUT2D eigenvalue weighted by atomic mass is 19.2. The summed E-state index contributed by atoms with van der Waals surface area (Å²) in [7, 11) is 0. The molecule has 0 spiro atoms. The molecule has 3 aliphatic rings. The predicted molar refractivity (Wildman–Crippen MR) is 134 cm³/mol. The molecule has 2 atom stereocenters. The molecule has 6 N–H and O–H groups in total. The van der Waals surface area contributed by atoms with Crippen molar-refractivity contribution < 1.29 is 18.3 Å². The largest absolute Gasteiger partial charge is 0.444 e.